The van der Waals surface area contributed by atoms with Crippen LogP contribution in [0.4, 0.5) is 17.1 Å². The van der Waals surface area contributed by atoms with Gasteiger partial charge in [0.2, 0.25) is 5.75 Å². The molecule has 0 heterocycles. The summed E-state index contributed by atoms with van der Waals surface area (Å²) in [6.45, 7) is 3.89. The van der Waals surface area contributed by atoms with Gasteiger partial charge in [0.25, 0.3) is 5.91 Å². The number of ether oxygens (including phenoxy) is 3. The Hall–Kier alpha value is -3.87. The lowest BCUT2D eigenvalue weighted by atomic mass is 10.1. The Morgan fingerprint density at radius 3 is 2.06 bits per heavy atom. The molecule has 0 saturated carbocycles. The highest BCUT2D eigenvalue weighted by Crippen LogP contribution is 2.38. The van der Waals surface area contributed by atoms with Crippen LogP contribution in [0.15, 0.2) is 64.8 Å². The third kappa shape index (κ3) is 5.01. The largest absolute Gasteiger partial charge is 0.493 e. The van der Waals surface area contributed by atoms with Gasteiger partial charge in [0.1, 0.15) is 0 Å². The minimum Gasteiger partial charge on any atom is -0.493 e. The number of anilines is 1. The van der Waals surface area contributed by atoms with Gasteiger partial charge in [-0.3, -0.25) is 4.79 Å². The zero-order valence-corrected chi connectivity index (χ0v) is 18.2. The number of nitrogens with zero attached hydrogens (tertiary/aromatic N) is 2. The molecule has 7 heteroatoms. The maximum Gasteiger partial charge on any atom is 0.255 e. The van der Waals surface area contributed by atoms with Crippen LogP contribution in [0.1, 0.15) is 21.5 Å². The number of methoxy groups -OCH3 is 3. The summed E-state index contributed by atoms with van der Waals surface area (Å²) in [6.07, 6.45) is 0. The Balaban J connectivity index is 1.80. The van der Waals surface area contributed by atoms with Gasteiger partial charge in [0, 0.05) is 11.3 Å². The molecule has 3 aromatic rings. The highest BCUT2D eigenvalue weighted by molar-refractivity contribution is 6.05. The van der Waals surface area contributed by atoms with E-state index in [1.807, 2.05) is 44.2 Å². The monoisotopic (exact) mass is 419 g/mol. The van der Waals surface area contributed by atoms with E-state index in [4.69, 9.17) is 14.2 Å². The summed E-state index contributed by atoms with van der Waals surface area (Å²) in [6, 6.07) is 16.5. The smallest absolute Gasteiger partial charge is 0.255 e. The van der Waals surface area contributed by atoms with Crippen LogP contribution in [-0.2, 0) is 0 Å². The molecule has 0 bridgehead atoms. The van der Waals surface area contributed by atoms with Crippen LogP contribution in [0.25, 0.3) is 0 Å². The second-order valence-electron chi connectivity index (χ2n) is 6.85. The lowest BCUT2D eigenvalue weighted by molar-refractivity contribution is 0.102. The fourth-order valence-electron chi connectivity index (χ4n) is 3.04. The van der Waals surface area contributed by atoms with Crippen molar-refractivity contribution in [2.75, 3.05) is 26.6 Å². The zero-order chi connectivity index (χ0) is 22.4. The minimum absolute atomic E-state index is 0.295. The molecule has 1 N–H and O–H groups in total. The Morgan fingerprint density at radius 2 is 1.48 bits per heavy atom. The molecule has 0 atom stereocenters. The SMILES string of the molecule is COc1cc(C(=O)Nc2ccc(N=Nc3ccccc3C)cc2C)cc(OC)c1OC. The Bertz CT molecular complexity index is 1100. The lowest BCUT2D eigenvalue weighted by Crippen LogP contribution is -2.13. The molecule has 3 aromatic carbocycles. The van der Waals surface area contributed by atoms with Crippen molar-refractivity contribution in [3.05, 3.63) is 71.3 Å². The molecule has 0 aliphatic rings. The van der Waals surface area contributed by atoms with E-state index in [-0.39, 0.29) is 5.91 Å². The van der Waals surface area contributed by atoms with Gasteiger partial charge >= 0.3 is 0 Å². The first-order valence-electron chi connectivity index (χ1n) is 9.66. The summed E-state index contributed by atoms with van der Waals surface area (Å²) in [5.74, 6) is 0.962. The minimum atomic E-state index is -0.295. The Morgan fingerprint density at radius 1 is 0.806 bits per heavy atom. The van der Waals surface area contributed by atoms with Crippen molar-refractivity contribution < 1.29 is 19.0 Å². The van der Waals surface area contributed by atoms with Gasteiger partial charge in [-0.25, -0.2) is 0 Å². The average Bonchev–Trinajstić information content (AvgIpc) is 2.78. The number of carbonyl (C=O) groups is 1. The van der Waals surface area contributed by atoms with E-state index >= 15 is 0 Å². The second-order valence-corrected chi connectivity index (χ2v) is 6.85. The highest BCUT2D eigenvalue weighted by Gasteiger charge is 2.17. The molecular weight excluding hydrogens is 394 g/mol. The first-order chi connectivity index (χ1) is 15.0. The molecule has 0 unspecified atom stereocenters. The molecule has 0 saturated heterocycles. The van der Waals surface area contributed by atoms with Crippen molar-refractivity contribution in [3.8, 4) is 17.2 Å². The molecular formula is C24H25N3O4. The normalized spacial score (nSPS) is 10.7. The van der Waals surface area contributed by atoms with E-state index < -0.39 is 0 Å². The van der Waals surface area contributed by atoms with Gasteiger partial charge in [-0.05, 0) is 61.4 Å². The van der Waals surface area contributed by atoms with E-state index in [0.29, 0.717) is 34.2 Å². The fraction of sp³-hybridized carbons (Fsp3) is 0.208. The van der Waals surface area contributed by atoms with Gasteiger partial charge < -0.3 is 19.5 Å². The van der Waals surface area contributed by atoms with Crippen LogP contribution < -0.4 is 19.5 Å². The number of nitrogens with one attached hydrogen (secondary N) is 1. The first kappa shape index (κ1) is 21.8. The van der Waals surface area contributed by atoms with Crippen LogP contribution >= 0.6 is 0 Å². The van der Waals surface area contributed by atoms with Crippen LogP contribution in [0.5, 0.6) is 17.2 Å². The van der Waals surface area contributed by atoms with Crippen molar-refractivity contribution in [1.29, 1.82) is 0 Å². The average molecular weight is 419 g/mol. The Kier molecular flexibility index (Phi) is 6.87. The standard InChI is InChI=1S/C24H25N3O4/c1-15-8-6-7-9-20(15)27-26-18-10-11-19(16(2)12-18)25-24(28)17-13-21(29-3)23(31-5)22(14-17)30-4/h6-14H,1-5H3,(H,25,28). The molecule has 3 rings (SSSR count). The van der Waals surface area contributed by atoms with Crippen LogP contribution in [0, 0.1) is 13.8 Å². The summed E-state index contributed by atoms with van der Waals surface area (Å²) in [5, 5.41) is 11.5. The van der Waals surface area contributed by atoms with Gasteiger partial charge in [-0.1, -0.05) is 18.2 Å². The third-order valence-corrected chi connectivity index (χ3v) is 4.77. The molecule has 0 aromatic heterocycles. The third-order valence-electron chi connectivity index (χ3n) is 4.77. The number of amides is 1. The van der Waals surface area contributed by atoms with E-state index in [0.717, 1.165) is 16.8 Å². The number of hydrogen-bond acceptors (Lipinski definition) is 6. The molecule has 160 valence electrons. The van der Waals surface area contributed by atoms with Crippen LogP contribution in [-0.4, -0.2) is 27.2 Å². The number of azo groups is 1. The maximum atomic E-state index is 12.8. The number of carbonyl (C=O) groups excluding carboxylic acids is 1. The van der Waals surface area contributed by atoms with Crippen molar-refractivity contribution in [2.24, 2.45) is 10.2 Å². The summed E-state index contributed by atoms with van der Waals surface area (Å²) in [4.78, 5) is 12.8. The molecule has 0 radical (unpaired) electrons. The molecule has 0 aliphatic carbocycles. The fourth-order valence-corrected chi connectivity index (χ4v) is 3.04. The molecule has 1 amide bonds. The van der Waals surface area contributed by atoms with Gasteiger partial charge in [0.15, 0.2) is 11.5 Å². The van der Waals surface area contributed by atoms with Gasteiger partial charge in [-0.15, -0.1) is 0 Å². The number of hydrogen-bond donors (Lipinski definition) is 1. The van der Waals surface area contributed by atoms with Crippen LogP contribution in [0.3, 0.4) is 0 Å². The van der Waals surface area contributed by atoms with Crippen molar-refractivity contribution in [3.63, 3.8) is 0 Å². The second kappa shape index (κ2) is 9.75. The lowest BCUT2D eigenvalue weighted by Gasteiger charge is -2.14. The van der Waals surface area contributed by atoms with Gasteiger partial charge in [-0.2, -0.15) is 10.2 Å². The summed E-state index contributed by atoms with van der Waals surface area (Å²) < 4.78 is 16.0. The van der Waals surface area contributed by atoms with Gasteiger partial charge in [0.05, 0.1) is 32.7 Å². The zero-order valence-electron chi connectivity index (χ0n) is 18.2. The van der Waals surface area contributed by atoms with E-state index in [2.05, 4.69) is 15.5 Å². The first-order valence-corrected chi connectivity index (χ1v) is 9.66. The molecule has 0 aliphatic heterocycles. The Labute approximate surface area is 181 Å². The van der Waals surface area contributed by atoms with Crippen molar-refractivity contribution in [1.82, 2.24) is 0 Å². The van der Waals surface area contributed by atoms with Crippen molar-refractivity contribution >= 4 is 23.0 Å². The molecule has 0 spiro atoms. The van der Waals surface area contributed by atoms with E-state index in [1.165, 1.54) is 21.3 Å². The molecule has 7 nitrogen and oxygen atoms in total. The van der Waals surface area contributed by atoms with E-state index in [9.17, 15) is 4.79 Å². The summed E-state index contributed by atoms with van der Waals surface area (Å²) in [7, 11) is 4.53. The summed E-state index contributed by atoms with van der Waals surface area (Å²) >= 11 is 0. The summed E-state index contributed by atoms with van der Waals surface area (Å²) in [5.41, 5.74) is 4.50. The predicted octanol–water partition coefficient (Wildman–Crippen LogP) is 6.00. The van der Waals surface area contributed by atoms with Crippen molar-refractivity contribution in [2.45, 2.75) is 13.8 Å². The predicted molar refractivity (Wildman–Crippen MR) is 121 cm³/mol. The maximum absolute atomic E-state index is 12.8. The highest BCUT2D eigenvalue weighted by atomic mass is 16.5. The number of rotatable bonds is 7. The quantitative estimate of drug-likeness (QED) is 0.476. The molecule has 31 heavy (non-hydrogen) atoms. The number of aryl methyl sites for hydroxylation is 2. The van der Waals surface area contributed by atoms with E-state index in [1.54, 1.807) is 24.3 Å². The van der Waals surface area contributed by atoms with Crippen LogP contribution in [0.2, 0.25) is 0 Å². The molecule has 0 fully saturated rings. The topological polar surface area (TPSA) is 81.5 Å². The number of benzene rings is 3.